The topological polar surface area (TPSA) is 66.0 Å². The van der Waals surface area contributed by atoms with E-state index in [1.807, 2.05) is 25.2 Å². The lowest BCUT2D eigenvalue weighted by Crippen LogP contribution is -2.05. The van der Waals surface area contributed by atoms with Crippen LogP contribution in [0.2, 0.25) is 0 Å². The molecule has 3 rings (SSSR count). The maximum Gasteiger partial charge on any atom is 0.222 e. The van der Waals surface area contributed by atoms with E-state index in [4.69, 9.17) is 10.5 Å². The fourth-order valence-electron chi connectivity index (χ4n) is 1.99. The zero-order chi connectivity index (χ0) is 12.5. The van der Waals surface area contributed by atoms with Crippen molar-refractivity contribution in [2.75, 3.05) is 18.1 Å². The molecule has 0 radical (unpaired) electrons. The first kappa shape index (κ1) is 11.4. The molecule has 0 bridgehead atoms. The number of fused-ring (bicyclic) bond motifs is 1. The second kappa shape index (κ2) is 4.53. The van der Waals surface area contributed by atoms with Crippen molar-refractivity contribution in [3.05, 3.63) is 29.8 Å². The number of benzene rings is 1. The summed E-state index contributed by atoms with van der Waals surface area (Å²) in [5.74, 6) is 2.77. The number of hydrogen-bond acceptors (Lipinski definition) is 5. The summed E-state index contributed by atoms with van der Waals surface area (Å²) in [6, 6.07) is 8.18. The summed E-state index contributed by atoms with van der Waals surface area (Å²) in [5.41, 5.74) is 6.93. The SMILES string of the molecule is Cn1c(N)nnc1SCC1COc2ccccc21. The Bertz CT molecular complexity index is 569. The molecule has 1 unspecified atom stereocenters. The van der Waals surface area contributed by atoms with Crippen molar-refractivity contribution in [3.63, 3.8) is 0 Å². The van der Waals surface area contributed by atoms with E-state index in [2.05, 4.69) is 16.3 Å². The highest BCUT2D eigenvalue weighted by molar-refractivity contribution is 7.99. The standard InChI is InChI=1S/C12H14N4OS/c1-16-11(13)14-15-12(16)18-7-8-6-17-10-5-3-2-4-9(8)10/h2-5,8H,6-7H2,1H3,(H2,13,14). The molecule has 0 saturated carbocycles. The summed E-state index contributed by atoms with van der Waals surface area (Å²) in [6.45, 7) is 0.736. The minimum atomic E-state index is 0.407. The van der Waals surface area contributed by atoms with Gasteiger partial charge >= 0.3 is 0 Å². The van der Waals surface area contributed by atoms with E-state index in [-0.39, 0.29) is 0 Å². The first-order chi connectivity index (χ1) is 8.75. The zero-order valence-electron chi connectivity index (χ0n) is 10.0. The number of nitrogens with zero attached hydrogens (tertiary/aromatic N) is 3. The lowest BCUT2D eigenvalue weighted by atomic mass is 10.0. The Hall–Kier alpha value is -1.69. The summed E-state index contributed by atoms with van der Waals surface area (Å²) in [5, 5.41) is 8.73. The number of aromatic nitrogens is 3. The molecule has 5 nitrogen and oxygen atoms in total. The van der Waals surface area contributed by atoms with Crippen LogP contribution in [0.4, 0.5) is 5.95 Å². The fourth-order valence-corrected chi connectivity index (χ4v) is 3.01. The van der Waals surface area contributed by atoms with Gasteiger partial charge in [-0.05, 0) is 6.07 Å². The number of nitrogens with two attached hydrogens (primary N) is 1. The van der Waals surface area contributed by atoms with Crippen molar-refractivity contribution in [2.24, 2.45) is 7.05 Å². The second-order valence-corrected chi connectivity index (χ2v) is 5.24. The minimum absolute atomic E-state index is 0.407. The van der Waals surface area contributed by atoms with E-state index in [1.165, 1.54) is 5.56 Å². The van der Waals surface area contributed by atoms with Gasteiger partial charge in [0.2, 0.25) is 5.95 Å². The Morgan fingerprint density at radius 2 is 2.28 bits per heavy atom. The Balaban J connectivity index is 1.70. The van der Waals surface area contributed by atoms with Crippen LogP contribution in [0.5, 0.6) is 5.75 Å². The van der Waals surface area contributed by atoms with Crippen LogP contribution in [0, 0.1) is 0 Å². The second-order valence-electron chi connectivity index (χ2n) is 4.26. The van der Waals surface area contributed by atoms with Crippen LogP contribution in [0.15, 0.2) is 29.4 Å². The lowest BCUT2D eigenvalue weighted by Gasteiger charge is -2.07. The van der Waals surface area contributed by atoms with Crippen LogP contribution < -0.4 is 10.5 Å². The molecular formula is C12H14N4OS. The third-order valence-electron chi connectivity index (χ3n) is 3.08. The maximum atomic E-state index is 5.65. The largest absolute Gasteiger partial charge is 0.493 e. The van der Waals surface area contributed by atoms with Crippen LogP contribution in [0.3, 0.4) is 0 Å². The highest BCUT2D eigenvalue weighted by Gasteiger charge is 2.24. The van der Waals surface area contributed by atoms with Crippen molar-refractivity contribution in [3.8, 4) is 5.75 Å². The maximum absolute atomic E-state index is 5.65. The molecule has 2 N–H and O–H groups in total. The molecule has 94 valence electrons. The molecule has 0 spiro atoms. The highest BCUT2D eigenvalue weighted by Crippen LogP contribution is 2.36. The Kier molecular flexibility index (Phi) is 2.87. The van der Waals surface area contributed by atoms with Crippen molar-refractivity contribution in [1.82, 2.24) is 14.8 Å². The van der Waals surface area contributed by atoms with E-state index in [0.717, 1.165) is 23.3 Å². The molecule has 1 aromatic carbocycles. The van der Waals surface area contributed by atoms with Gasteiger partial charge in [0.05, 0.1) is 6.61 Å². The molecular weight excluding hydrogens is 248 g/mol. The number of nitrogen functional groups attached to an aromatic ring is 1. The summed E-state index contributed by atoms with van der Waals surface area (Å²) in [7, 11) is 1.87. The van der Waals surface area contributed by atoms with Gasteiger partial charge in [-0.2, -0.15) is 0 Å². The summed E-state index contributed by atoms with van der Waals surface area (Å²) in [6.07, 6.45) is 0. The molecule has 18 heavy (non-hydrogen) atoms. The molecule has 1 aliphatic rings. The Morgan fingerprint density at radius 1 is 1.44 bits per heavy atom. The van der Waals surface area contributed by atoms with Gasteiger partial charge in [-0.15, -0.1) is 10.2 Å². The van der Waals surface area contributed by atoms with Gasteiger partial charge in [0.25, 0.3) is 0 Å². The Morgan fingerprint density at radius 3 is 3.06 bits per heavy atom. The molecule has 0 fully saturated rings. The lowest BCUT2D eigenvalue weighted by molar-refractivity contribution is 0.338. The van der Waals surface area contributed by atoms with E-state index in [0.29, 0.717) is 11.9 Å². The van der Waals surface area contributed by atoms with E-state index < -0.39 is 0 Å². The van der Waals surface area contributed by atoms with Crippen LogP contribution in [0.1, 0.15) is 11.5 Å². The summed E-state index contributed by atoms with van der Waals surface area (Å²) in [4.78, 5) is 0. The number of hydrogen-bond donors (Lipinski definition) is 1. The van der Waals surface area contributed by atoms with Gasteiger partial charge in [0, 0.05) is 24.3 Å². The third kappa shape index (κ3) is 1.92. The fraction of sp³-hybridized carbons (Fsp3) is 0.333. The first-order valence-electron chi connectivity index (χ1n) is 5.75. The predicted molar refractivity (Wildman–Crippen MR) is 70.8 cm³/mol. The van der Waals surface area contributed by atoms with Crippen LogP contribution in [0.25, 0.3) is 0 Å². The predicted octanol–water partition coefficient (Wildman–Crippen LogP) is 1.67. The molecule has 0 saturated heterocycles. The normalized spacial score (nSPS) is 17.5. The molecule has 0 amide bonds. The van der Waals surface area contributed by atoms with Gasteiger partial charge in [0.15, 0.2) is 5.16 Å². The highest BCUT2D eigenvalue weighted by atomic mass is 32.2. The zero-order valence-corrected chi connectivity index (χ0v) is 10.9. The van der Waals surface area contributed by atoms with Crippen molar-refractivity contribution in [2.45, 2.75) is 11.1 Å². The first-order valence-corrected chi connectivity index (χ1v) is 6.73. The van der Waals surface area contributed by atoms with Crippen LogP contribution in [-0.4, -0.2) is 27.1 Å². The Labute approximate surface area is 109 Å². The van der Waals surface area contributed by atoms with E-state index >= 15 is 0 Å². The van der Waals surface area contributed by atoms with Gasteiger partial charge in [-0.25, -0.2) is 0 Å². The average Bonchev–Trinajstić information content (AvgIpc) is 2.94. The molecule has 2 heterocycles. The van der Waals surface area contributed by atoms with Gasteiger partial charge < -0.3 is 10.5 Å². The van der Waals surface area contributed by atoms with Crippen molar-refractivity contribution >= 4 is 17.7 Å². The number of anilines is 1. The van der Waals surface area contributed by atoms with Gasteiger partial charge in [0.1, 0.15) is 5.75 Å². The molecule has 1 aromatic heterocycles. The summed E-state index contributed by atoms with van der Waals surface area (Å²) < 4.78 is 7.45. The monoisotopic (exact) mass is 262 g/mol. The molecule has 0 aliphatic carbocycles. The number of thioether (sulfide) groups is 1. The molecule has 1 atom stereocenters. The van der Waals surface area contributed by atoms with Crippen LogP contribution >= 0.6 is 11.8 Å². The van der Waals surface area contributed by atoms with E-state index in [9.17, 15) is 0 Å². The molecule has 2 aromatic rings. The van der Waals surface area contributed by atoms with Gasteiger partial charge in [-0.3, -0.25) is 4.57 Å². The average molecular weight is 262 g/mol. The van der Waals surface area contributed by atoms with E-state index in [1.54, 1.807) is 16.3 Å². The van der Waals surface area contributed by atoms with Crippen molar-refractivity contribution in [1.29, 1.82) is 0 Å². The minimum Gasteiger partial charge on any atom is -0.493 e. The van der Waals surface area contributed by atoms with Crippen LogP contribution in [-0.2, 0) is 7.05 Å². The van der Waals surface area contributed by atoms with Gasteiger partial charge in [-0.1, -0.05) is 30.0 Å². The molecule has 1 aliphatic heterocycles. The number of para-hydroxylation sites is 1. The smallest absolute Gasteiger partial charge is 0.222 e. The quantitative estimate of drug-likeness (QED) is 0.852. The number of ether oxygens (including phenoxy) is 1. The molecule has 6 heteroatoms. The third-order valence-corrected chi connectivity index (χ3v) is 4.26. The number of rotatable bonds is 3. The summed E-state index contributed by atoms with van der Waals surface area (Å²) >= 11 is 1.66. The van der Waals surface area contributed by atoms with Crippen molar-refractivity contribution < 1.29 is 4.74 Å².